The first-order valence-corrected chi connectivity index (χ1v) is 8.56. The average Bonchev–Trinajstić information content (AvgIpc) is 3.22. The summed E-state index contributed by atoms with van der Waals surface area (Å²) in [5.74, 6) is 1.60. The molecule has 2 N–H and O–H groups in total. The van der Waals surface area contributed by atoms with Gasteiger partial charge in [-0.25, -0.2) is 4.99 Å². The first-order chi connectivity index (χ1) is 12.3. The highest BCUT2D eigenvalue weighted by Crippen LogP contribution is 2.03. The molecule has 132 valence electrons. The summed E-state index contributed by atoms with van der Waals surface area (Å²) < 4.78 is 3.91. The van der Waals surface area contributed by atoms with Gasteiger partial charge >= 0.3 is 0 Å². The quantitative estimate of drug-likeness (QED) is 0.386. The minimum atomic E-state index is 0.471. The molecule has 3 heterocycles. The Morgan fingerprint density at radius 1 is 1.24 bits per heavy atom. The lowest BCUT2D eigenvalue weighted by Crippen LogP contribution is -2.38. The van der Waals surface area contributed by atoms with Crippen LogP contribution in [-0.4, -0.2) is 43.4 Å². The van der Waals surface area contributed by atoms with Crippen molar-refractivity contribution in [3.05, 3.63) is 48.2 Å². The molecule has 0 aliphatic heterocycles. The summed E-state index contributed by atoms with van der Waals surface area (Å²) in [7, 11) is 0. The Kier molecular flexibility index (Phi) is 5.61. The van der Waals surface area contributed by atoms with Gasteiger partial charge in [0.2, 0.25) is 0 Å². The van der Waals surface area contributed by atoms with Crippen molar-refractivity contribution in [2.45, 2.75) is 33.4 Å². The Labute approximate surface area is 147 Å². The van der Waals surface area contributed by atoms with Crippen molar-refractivity contribution in [2.24, 2.45) is 4.99 Å². The van der Waals surface area contributed by atoms with Crippen LogP contribution in [0.4, 0.5) is 0 Å². The summed E-state index contributed by atoms with van der Waals surface area (Å²) in [5.41, 5.74) is 2.02. The van der Waals surface area contributed by atoms with Gasteiger partial charge in [0.1, 0.15) is 6.54 Å². The van der Waals surface area contributed by atoms with E-state index >= 15 is 0 Å². The zero-order valence-corrected chi connectivity index (χ0v) is 14.7. The van der Waals surface area contributed by atoms with Crippen LogP contribution >= 0.6 is 0 Å². The smallest absolute Gasteiger partial charge is 0.191 e. The lowest BCUT2D eigenvalue weighted by Gasteiger charge is -2.11. The molecule has 25 heavy (non-hydrogen) atoms. The van der Waals surface area contributed by atoms with Crippen LogP contribution in [0.5, 0.6) is 0 Å². The van der Waals surface area contributed by atoms with Gasteiger partial charge in [0.25, 0.3) is 0 Å². The molecule has 0 atom stereocenters. The van der Waals surface area contributed by atoms with Gasteiger partial charge in [0.15, 0.2) is 17.4 Å². The topological polar surface area (TPSA) is 84.4 Å². The van der Waals surface area contributed by atoms with E-state index in [1.54, 1.807) is 0 Å². The number of pyridine rings is 1. The van der Waals surface area contributed by atoms with Crippen LogP contribution in [0.15, 0.2) is 41.8 Å². The lowest BCUT2D eigenvalue weighted by molar-refractivity contribution is 0.570. The molecule has 0 saturated heterocycles. The molecule has 0 spiro atoms. The first kappa shape index (κ1) is 16.9. The molecule has 0 fully saturated rings. The monoisotopic (exact) mass is 340 g/mol. The van der Waals surface area contributed by atoms with Crippen molar-refractivity contribution in [1.29, 1.82) is 0 Å². The molecule has 3 rings (SSSR count). The zero-order valence-electron chi connectivity index (χ0n) is 14.7. The molecule has 0 aliphatic carbocycles. The second kappa shape index (κ2) is 8.27. The van der Waals surface area contributed by atoms with Crippen LogP contribution in [0.1, 0.15) is 24.7 Å². The Morgan fingerprint density at radius 2 is 2.16 bits per heavy atom. The van der Waals surface area contributed by atoms with E-state index in [0.717, 1.165) is 43.5 Å². The second-order valence-electron chi connectivity index (χ2n) is 5.80. The number of hydrogen-bond acceptors (Lipinski definition) is 4. The van der Waals surface area contributed by atoms with Crippen molar-refractivity contribution in [2.75, 3.05) is 13.1 Å². The molecule has 0 amide bonds. The maximum Gasteiger partial charge on any atom is 0.191 e. The summed E-state index contributed by atoms with van der Waals surface area (Å²) in [6, 6.07) is 5.84. The van der Waals surface area contributed by atoms with Crippen LogP contribution in [0.2, 0.25) is 0 Å². The molecule has 8 heteroatoms. The maximum absolute atomic E-state index is 4.60. The number of fused-ring (bicyclic) bond motifs is 1. The highest BCUT2D eigenvalue weighted by Gasteiger charge is 2.04. The molecule has 0 unspecified atom stereocenters. The van der Waals surface area contributed by atoms with Gasteiger partial charge in [-0.2, -0.15) is 5.10 Å². The van der Waals surface area contributed by atoms with Crippen LogP contribution in [0, 0.1) is 6.92 Å². The van der Waals surface area contributed by atoms with E-state index in [1.807, 2.05) is 46.6 Å². The van der Waals surface area contributed by atoms with Gasteiger partial charge in [-0.1, -0.05) is 6.07 Å². The minimum Gasteiger partial charge on any atom is -0.357 e. The Balaban J connectivity index is 1.53. The molecule has 8 nitrogen and oxygen atoms in total. The van der Waals surface area contributed by atoms with Crippen LogP contribution in [-0.2, 0) is 13.1 Å². The fraction of sp³-hybridized carbons (Fsp3) is 0.412. The van der Waals surface area contributed by atoms with Crippen LogP contribution < -0.4 is 10.6 Å². The van der Waals surface area contributed by atoms with Crippen LogP contribution in [0.3, 0.4) is 0 Å². The van der Waals surface area contributed by atoms with Crippen molar-refractivity contribution in [1.82, 2.24) is 35.0 Å². The highest BCUT2D eigenvalue weighted by molar-refractivity contribution is 5.79. The standard InChI is InChI=1S/C17H24N8/c1-3-18-17(19-8-6-9-24-13-14(2)11-21-24)20-12-16-23-22-15-7-4-5-10-25(15)16/h4-5,7,10-11,13H,3,6,8-9,12H2,1-2H3,(H2,18,19,20). The van der Waals surface area contributed by atoms with Crippen molar-refractivity contribution in [3.8, 4) is 0 Å². The highest BCUT2D eigenvalue weighted by atomic mass is 15.3. The van der Waals surface area contributed by atoms with E-state index in [1.165, 1.54) is 5.56 Å². The summed E-state index contributed by atoms with van der Waals surface area (Å²) in [6.45, 7) is 7.09. The Hall–Kier alpha value is -2.90. The lowest BCUT2D eigenvalue weighted by atomic mass is 10.4. The van der Waals surface area contributed by atoms with Gasteiger partial charge in [-0.3, -0.25) is 9.08 Å². The van der Waals surface area contributed by atoms with E-state index in [4.69, 9.17) is 0 Å². The number of aliphatic imine (C=N–C) groups is 1. The predicted molar refractivity (Wildman–Crippen MR) is 97.4 cm³/mol. The van der Waals surface area contributed by atoms with Crippen LogP contribution in [0.25, 0.3) is 5.65 Å². The van der Waals surface area contributed by atoms with E-state index in [0.29, 0.717) is 6.54 Å². The normalized spacial score (nSPS) is 11.8. The molecular weight excluding hydrogens is 316 g/mol. The average molecular weight is 340 g/mol. The zero-order chi connectivity index (χ0) is 17.5. The number of aromatic nitrogens is 5. The van der Waals surface area contributed by atoms with E-state index < -0.39 is 0 Å². The van der Waals surface area contributed by atoms with E-state index in [9.17, 15) is 0 Å². The van der Waals surface area contributed by atoms with Gasteiger partial charge in [-0.05, 0) is 38.0 Å². The Morgan fingerprint density at radius 3 is 2.96 bits per heavy atom. The van der Waals surface area contributed by atoms with Gasteiger partial charge < -0.3 is 10.6 Å². The van der Waals surface area contributed by atoms with Crippen molar-refractivity contribution in [3.63, 3.8) is 0 Å². The number of aryl methyl sites for hydroxylation is 2. The number of rotatable bonds is 7. The molecule has 0 radical (unpaired) electrons. The molecular formula is C17H24N8. The molecule has 0 saturated carbocycles. The number of nitrogens with zero attached hydrogens (tertiary/aromatic N) is 6. The minimum absolute atomic E-state index is 0.471. The molecule has 3 aromatic heterocycles. The molecule has 3 aromatic rings. The first-order valence-electron chi connectivity index (χ1n) is 8.56. The fourth-order valence-corrected chi connectivity index (χ4v) is 2.53. The summed E-state index contributed by atoms with van der Waals surface area (Å²) in [6.07, 6.45) is 6.85. The predicted octanol–water partition coefficient (Wildman–Crippen LogP) is 1.38. The van der Waals surface area contributed by atoms with E-state index in [-0.39, 0.29) is 0 Å². The van der Waals surface area contributed by atoms with Crippen molar-refractivity contribution < 1.29 is 0 Å². The molecule has 0 aromatic carbocycles. The summed E-state index contributed by atoms with van der Waals surface area (Å²) in [4.78, 5) is 4.60. The third kappa shape index (κ3) is 4.56. The summed E-state index contributed by atoms with van der Waals surface area (Å²) in [5, 5.41) is 19.2. The van der Waals surface area contributed by atoms with Crippen molar-refractivity contribution >= 4 is 11.6 Å². The number of nitrogens with one attached hydrogen (secondary N) is 2. The van der Waals surface area contributed by atoms with Gasteiger partial charge in [0.05, 0.1) is 6.20 Å². The molecule has 0 bridgehead atoms. The fourth-order valence-electron chi connectivity index (χ4n) is 2.53. The maximum atomic E-state index is 4.60. The van der Waals surface area contributed by atoms with Gasteiger partial charge in [0, 0.05) is 32.0 Å². The van der Waals surface area contributed by atoms with E-state index in [2.05, 4.69) is 44.0 Å². The number of hydrogen-bond donors (Lipinski definition) is 2. The third-order valence-electron chi connectivity index (χ3n) is 3.73. The molecule has 0 aliphatic rings. The largest absolute Gasteiger partial charge is 0.357 e. The van der Waals surface area contributed by atoms with Gasteiger partial charge in [-0.15, -0.1) is 10.2 Å². The second-order valence-corrected chi connectivity index (χ2v) is 5.80. The number of guanidine groups is 1. The third-order valence-corrected chi connectivity index (χ3v) is 3.73. The summed E-state index contributed by atoms with van der Waals surface area (Å²) >= 11 is 0. The SMILES string of the molecule is CCNC(=NCc1nnc2ccccn12)NCCCn1cc(C)cn1. The Bertz CT molecular complexity index is 832.